The van der Waals surface area contributed by atoms with Crippen molar-refractivity contribution in [2.45, 2.75) is 39.7 Å². The Morgan fingerprint density at radius 2 is 1.85 bits per heavy atom. The highest BCUT2D eigenvalue weighted by Crippen LogP contribution is 2.29. The van der Waals surface area contributed by atoms with E-state index < -0.39 is 24.1 Å². The first-order valence-corrected chi connectivity index (χ1v) is 8.42. The van der Waals surface area contributed by atoms with Crippen LogP contribution >= 0.6 is 0 Å². The van der Waals surface area contributed by atoms with Crippen molar-refractivity contribution in [2.24, 2.45) is 0 Å². The molecule has 1 aromatic carbocycles. The van der Waals surface area contributed by atoms with Crippen molar-refractivity contribution in [1.29, 1.82) is 0 Å². The molecule has 0 fully saturated rings. The number of alkyl carbamates (subject to hydrolysis) is 1. The number of benzene rings is 1. The Hall–Kier alpha value is -2.77. The largest absolute Gasteiger partial charge is 0.490 e. The van der Waals surface area contributed by atoms with Crippen LogP contribution in [0.25, 0.3) is 0 Å². The van der Waals surface area contributed by atoms with Gasteiger partial charge in [-0.1, -0.05) is 13.3 Å². The Morgan fingerprint density at radius 1 is 1.12 bits per heavy atom. The fourth-order valence-corrected chi connectivity index (χ4v) is 1.88. The molecule has 0 bridgehead atoms. The molecule has 0 aromatic heterocycles. The number of rotatable bonds is 9. The lowest BCUT2D eigenvalue weighted by Gasteiger charge is -2.15. The minimum Gasteiger partial charge on any atom is -0.490 e. The van der Waals surface area contributed by atoms with E-state index in [1.54, 1.807) is 6.07 Å². The number of carbonyl (C=O) groups is 3. The van der Waals surface area contributed by atoms with Gasteiger partial charge in [-0.25, -0.2) is 9.59 Å². The molecule has 0 aliphatic heterocycles. The Labute approximate surface area is 152 Å². The van der Waals surface area contributed by atoms with Crippen molar-refractivity contribution in [2.75, 3.05) is 20.3 Å². The highest BCUT2D eigenvalue weighted by molar-refractivity contribution is 5.97. The van der Waals surface area contributed by atoms with Crippen LogP contribution in [0.2, 0.25) is 0 Å². The fourth-order valence-electron chi connectivity index (χ4n) is 1.88. The molecule has 0 aliphatic carbocycles. The third-order valence-electron chi connectivity index (χ3n) is 3.30. The van der Waals surface area contributed by atoms with E-state index in [-0.39, 0.29) is 5.56 Å². The SMILES string of the molecule is CCCCOc1ccc(C(=O)O[C@H](C)C(=O)NC(=O)OC)cc1OCC. The normalized spacial score (nSPS) is 11.2. The van der Waals surface area contributed by atoms with Gasteiger partial charge in [0.25, 0.3) is 5.91 Å². The predicted octanol–water partition coefficient (Wildman–Crippen LogP) is 2.69. The molecule has 1 aromatic rings. The Morgan fingerprint density at radius 3 is 2.46 bits per heavy atom. The van der Waals surface area contributed by atoms with E-state index in [9.17, 15) is 14.4 Å². The zero-order valence-corrected chi connectivity index (χ0v) is 15.5. The van der Waals surface area contributed by atoms with E-state index in [4.69, 9.17) is 14.2 Å². The second-order valence-electron chi connectivity index (χ2n) is 5.32. The average molecular weight is 367 g/mol. The van der Waals surface area contributed by atoms with Gasteiger partial charge in [0.15, 0.2) is 17.6 Å². The third-order valence-corrected chi connectivity index (χ3v) is 3.30. The molecule has 0 saturated heterocycles. The minimum absolute atomic E-state index is 0.203. The van der Waals surface area contributed by atoms with Gasteiger partial charge in [0.2, 0.25) is 0 Å². The molecular formula is C18H25NO7. The number of carbonyl (C=O) groups excluding carboxylic acids is 3. The molecular weight excluding hydrogens is 342 g/mol. The third kappa shape index (κ3) is 6.62. The summed E-state index contributed by atoms with van der Waals surface area (Å²) in [7, 11) is 1.12. The van der Waals surface area contributed by atoms with Crippen LogP contribution in [-0.2, 0) is 14.3 Å². The lowest BCUT2D eigenvalue weighted by Crippen LogP contribution is -2.39. The van der Waals surface area contributed by atoms with E-state index in [2.05, 4.69) is 11.7 Å². The summed E-state index contributed by atoms with van der Waals surface area (Å²) in [5, 5.41) is 1.93. The summed E-state index contributed by atoms with van der Waals surface area (Å²) >= 11 is 0. The number of methoxy groups -OCH3 is 1. The number of hydrogen-bond acceptors (Lipinski definition) is 7. The van der Waals surface area contributed by atoms with Crippen molar-refractivity contribution in [1.82, 2.24) is 5.32 Å². The second kappa shape index (κ2) is 11.0. The molecule has 2 amide bonds. The van der Waals surface area contributed by atoms with Gasteiger partial charge >= 0.3 is 12.1 Å². The molecule has 144 valence electrons. The van der Waals surface area contributed by atoms with Gasteiger partial charge in [-0.15, -0.1) is 0 Å². The number of hydrogen-bond donors (Lipinski definition) is 1. The van der Waals surface area contributed by atoms with Gasteiger partial charge in [0.1, 0.15) is 0 Å². The predicted molar refractivity (Wildman–Crippen MR) is 93.4 cm³/mol. The second-order valence-corrected chi connectivity index (χ2v) is 5.32. The molecule has 0 saturated carbocycles. The van der Waals surface area contributed by atoms with Crippen molar-refractivity contribution in [3.05, 3.63) is 23.8 Å². The van der Waals surface area contributed by atoms with E-state index in [0.29, 0.717) is 24.7 Å². The number of esters is 1. The summed E-state index contributed by atoms with van der Waals surface area (Å²) in [5.74, 6) is -0.550. The van der Waals surface area contributed by atoms with Gasteiger partial charge in [-0.2, -0.15) is 0 Å². The van der Waals surface area contributed by atoms with Gasteiger partial charge in [0, 0.05) is 0 Å². The molecule has 1 atom stereocenters. The van der Waals surface area contributed by atoms with E-state index >= 15 is 0 Å². The van der Waals surface area contributed by atoms with Crippen LogP contribution in [0.4, 0.5) is 4.79 Å². The number of nitrogens with one attached hydrogen (secondary N) is 1. The average Bonchev–Trinajstić information content (AvgIpc) is 2.62. The maximum atomic E-state index is 12.2. The number of imide groups is 1. The molecule has 0 unspecified atom stereocenters. The maximum absolute atomic E-state index is 12.2. The first-order valence-electron chi connectivity index (χ1n) is 8.42. The summed E-state index contributed by atoms with van der Waals surface area (Å²) in [6.07, 6.45) is -0.190. The van der Waals surface area contributed by atoms with Crippen LogP contribution in [0.15, 0.2) is 18.2 Å². The first-order chi connectivity index (χ1) is 12.4. The zero-order valence-electron chi connectivity index (χ0n) is 15.5. The minimum atomic E-state index is -1.17. The molecule has 8 heteroatoms. The molecule has 1 N–H and O–H groups in total. The molecule has 8 nitrogen and oxygen atoms in total. The quantitative estimate of drug-likeness (QED) is 0.529. The van der Waals surface area contributed by atoms with Gasteiger partial charge in [-0.05, 0) is 38.5 Å². The van der Waals surface area contributed by atoms with Crippen LogP contribution < -0.4 is 14.8 Å². The van der Waals surface area contributed by atoms with Crippen LogP contribution in [0.1, 0.15) is 44.0 Å². The van der Waals surface area contributed by atoms with Crippen LogP contribution in [0, 0.1) is 0 Å². The van der Waals surface area contributed by atoms with Crippen molar-refractivity contribution >= 4 is 18.0 Å². The zero-order chi connectivity index (χ0) is 19.5. The van der Waals surface area contributed by atoms with Crippen LogP contribution in [0.3, 0.4) is 0 Å². The van der Waals surface area contributed by atoms with Crippen LogP contribution in [-0.4, -0.2) is 44.4 Å². The lowest BCUT2D eigenvalue weighted by molar-refractivity contribution is -0.128. The topological polar surface area (TPSA) is 100 Å². The molecule has 0 radical (unpaired) electrons. The highest BCUT2D eigenvalue weighted by Gasteiger charge is 2.22. The fraction of sp³-hybridized carbons (Fsp3) is 0.500. The van der Waals surface area contributed by atoms with Crippen molar-refractivity contribution in [3.63, 3.8) is 0 Å². The Bertz CT molecular complexity index is 630. The smallest absolute Gasteiger partial charge is 0.413 e. The Balaban J connectivity index is 2.80. The summed E-state index contributed by atoms with van der Waals surface area (Å²) in [5.41, 5.74) is 0.203. The summed E-state index contributed by atoms with van der Waals surface area (Å²) in [4.78, 5) is 35.0. The van der Waals surface area contributed by atoms with Crippen LogP contribution in [0.5, 0.6) is 11.5 Å². The summed E-state index contributed by atoms with van der Waals surface area (Å²) in [6, 6.07) is 4.64. The number of ether oxygens (including phenoxy) is 4. The standard InChI is InChI=1S/C18H25NO7/c1-5-7-10-25-14-9-8-13(11-15(14)24-6-2)17(21)26-12(3)16(20)19-18(22)23-4/h8-9,11-12H,5-7,10H2,1-4H3,(H,19,20,22)/t12-/m1/s1. The summed E-state index contributed by atoms with van der Waals surface area (Å²) < 4.78 is 20.5. The first kappa shape index (κ1) is 21.3. The maximum Gasteiger partial charge on any atom is 0.413 e. The van der Waals surface area contributed by atoms with Crippen molar-refractivity contribution in [3.8, 4) is 11.5 Å². The molecule has 26 heavy (non-hydrogen) atoms. The summed E-state index contributed by atoms with van der Waals surface area (Å²) in [6.45, 7) is 6.18. The number of unbranched alkanes of at least 4 members (excludes halogenated alkanes) is 1. The lowest BCUT2D eigenvalue weighted by atomic mass is 10.2. The van der Waals surface area contributed by atoms with Gasteiger partial charge in [-0.3, -0.25) is 10.1 Å². The highest BCUT2D eigenvalue weighted by atomic mass is 16.6. The van der Waals surface area contributed by atoms with E-state index in [1.165, 1.54) is 19.1 Å². The van der Waals surface area contributed by atoms with E-state index in [1.807, 2.05) is 12.2 Å². The molecule has 0 spiro atoms. The monoisotopic (exact) mass is 367 g/mol. The Kier molecular flexibility index (Phi) is 8.97. The molecule has 1 rings (SSSR count). The van der Waals surface area contributed by atoms with Gasteiger partial charge < -0.3 is 18.9 Å². The van der Waals surface area contributed by atoms with E-state index in [0.717, 1.165) is 20.0 Å². The number of amides is 2. The molecule has 0 heterocycles. The van der Waals surface area contributed by atoms with Gasteiger partial charge in [0.05, 0.1) is 25.9 Å². The van der Waals surface area contributed by atoms with Crippen molar-refractivity contribution < 1.29 is 33.3 Å². The molecule has 0 aliphatic rings.